The van der Waals surface area contributed by atoms with Gasteiger partial charge in [0, 0.05) is 32.4 Å². The summed E-state index contributed by atoms with van der Waals surface area (Å²) >= 11 is 1.80. The number of ether oxygens (including phenoxy) is 1. The van der Waals surface area contributed by atoms with Crippen molar-refractivity contribution in [1.82, 2.24) is 19.7 Å². The smallest absolute Gasteiger partial charge is 0.191 e. The highest BCUT2D eigenvalue weighted by Gasteiger charge is 2.24. The van der Waals surface area contributed by atoms with Gasteiger partial charge in [-0.1, -0.05) is 11.8 Å². The van der Waals surface area contributed by atoms with Crippen LogP contribution in [0, 0.1) is 5.92 Å². The van der Waals surface area contributed by atoms with Crippen LogP contribution in [0.5, 0.6) is 0 Å². The fraction of sp³-hybridized carbons (Fsp3) is 0.846. The summed E-state index contributed by atoms with van der Waals surface area (Å²) in [6.45, 7) is 4.33. The van der Waals surface area contributed by atoms with Crippen LogP contribution in [0.25, 0.3) is 0 Å². The molecule has 0 radical (unpaired) electrons. The summed E-state index contributed by atoms with van der Waals surface area (Å²) in [5, 5.41) is 9.56. The number of nitrogens with two attached hydrogens (primary N) is 1. The highest BCUT2D eigenvalue weighted by atomic mass is 32.2. The van der Waals surface area contributed by atoms with E-state index in [9.17, 15) is 0 Å². The predicted octanol–water partition coefficient (Wildman–Crippen LogP) is 0.649. The fourth-order valence-corrected chi connectivity index (χ4v) is 3.50. The minimum Gasteiger partial charge on any atom is -0.379 e. The molecule has 2 heterocycles. The molecule has 2 N–H and O–H groups in total. The summed E-state index contributed by atoms with van der Waals surface area (Å²) < 4.78 is 7.41. The normalized spacial score (nSPS) is 22.1. The van der Waals surface area contributed by atoms with E-state index in [2.05, 4.69) is 19.7 Å². The van der Waals surface area contributed by atoms with E-state index in [1.807, 2.05) is 7.05 Å². The Morgan fingerprint density at radius 1 is 1.35 bits per heavy atom. The first-order valence-electron chi connectivity index (χ1n) is 7.32. The van der Waals surface area contributed by atoms with Gasteiger partial charge < -0.3 is 15.0 Å². The van der Waals surface area contributed by atoms with Crippen molar-refractivity contribution in [3.63, 3.8) is 0 Å². The van der Waals surface area contributed by atoms with E-state index in [-0.39, 0.29) is 6.04 Å². The molecule has 2 fully saturated rings. The van der Waals surface area contributed by atoms with Gasteiger partial charge in [0.25, 0.3) is 0 Å². The zero-order valence-electron chi connectivity index (χ0n) is 12.0. The number of thioether (sulfide) groups is 1. The molecule has 7 heteroatoms. The van der Waals surface area contributed by atoms with Gasteiger partial charge in [-0.2, -0.15) is 0 Å². The van der Waals surface area contributed by atoms with Crippen molar-refractivity contribution in [1.29, 1.82) is 0 Å². The predicted molar refractivity (Wildman–Crippen MR) is 78.6 cm³/mol. The second kappa shape index (κ2) is 6.43. The van der Waals surface area contributed by atoms with E-state index in [0.29, 0.717) is 0 Å². The summed E-state index contributed by atoms with van der Waals surface area (Å²) in [5.41, 5.74) is 6.29. The molecule has 2 aliphatic rings. The molecule has 1 aliphatic heterocycles. The van der Waals surface area contributed by atoms with Crippen molar-refractivity contribution < 1.29 is 4.74 Å². The lowest BCUT2D eigenvalue weighted by Crippen LogP contribution is -2.41. The Morgan fingerprint density at radius 3 is 2.80 bits per heavy atom. The zero-order chi connectivity index (χ0) is 13.9. The van der Waals surface area contributed by atoms with E-state index in [1.54, 1.807) is 11.8 Å². The Bertz CT molecular complexity index is 442. The summed E-state index contributed by atoms with van der Waals surface area (Å²) in [6.07, 6.45) is 2.74. The Morgan fingerprint density at radius 2 is 2.10 bits per heavy atom. The Kier molecular flexibility index (Phi) is 4.60. The molecule has 1 saturated carbocycles. The molecule has 1 aromatic heterocycles. The average Bonchev–Trinajstić information content (AvgIpc) is 3.21. The van der Waals surface area contributed by atoms with Crippen molar-refractivity contribution in [2.24, 2.45) is 18.7 Å². The maximum atomic E-state index is 6.29. The molecule has 1 aromatic rings. The molecule has 0 amide bonds. The number of nitrogens with zero attached hydrogens (tertiary/aromatic N) is 4. The molecule has 3 rings (SSSR count). The summed E-state index contributed by atoms with van der Waals surface area (Å²) in [5.74, 6) is 2.93. The SMILES string of the molecule is Cn1c(SCC2CC2)nnc1[C@@H](N)CN1CCOCC1. The number of rotatable bonds is 6. The quantitative estimate of drug-likeness (QED) is 0.778. The van der Waals surface area contributed by atoms with E-state index < -0.39 is 0 Å². The third-order valence-corrected chi connectivity index (χ3v) is 5.16. The minimum atomic E-state index is -0.0825. The van der Waals surface area contributed by atoms with Crippen LogP contribution in [-0.2, 0) is 11.8 Å². The van der Waals surface area contributed by atoms with Crippen molar-refractivity contribution in [2.45, 2.75) is 24.0 Å². The number of morpholine rings is 1. The number of hydrogen-bond acceptors (Lipinski definition) is 6. The van der Waals surface area contributed by atoms with Crippen LogP contribution in [0.15, 0.2) is 5.16 Å². The third kappa shape index (κ3) is 3.52. The molecule has 0 unspecified atom stereocenters. The van der Waals surface area contributed by atoms with Crippen molar-refractivity contribution in [2.75, 3.05) is 38.6 Å². The Labute approximate surface area is 124 Å². The lowest BCUT2D eigenvalue weighted by Gasteiger charge is -2.28. The monoisotopic (exact) mass is 297 g/mol. The van der Waals surface area contributed by atoms with Gasteiger partial charge in [0.05, 0.1) is 19.3 Å². The molecule has 1 atom stereocenters. The largest absolute Gasteiger partial charge is 0.379 e. The first kappa shape index (κ1) is 14.3. The fourth-order valence-electron chi connectivity index (χ4n) is 2.40. The summed E-state index contributed by atoms with van der Waals surface area (Å²) in [7, 11) is 2.02. The molecule has 1 saturated heterocycles. The first-order valence-corrected chi connectivity index (χ1v) is 8.30. The molecular formula is C13H23N5OS. The van der Waals surface area contributed by atoms with Crippen molar-refractivity contribution >= 4 is 11.8 Å². The number of aromatic nitrogens is 3. The standard InChI is InChI=1S/C13H23N5OS/c1-17-12(11(14)8-18-4-6-19-7-5-18)15-16-13(17)20-9-10-2-3-10/h10-11H,2-9,14H2,1H3/t11-/m0/s1. The molecule has 0 aromatic carbocycles. The van der Waals surface area contributed by atoms with E-state index in [1.165, 1.54) is 12.8 Å². The maximum Gasteiger partial charge on any atom is 0.191 e. The molecule has 1 aliphatic carbocycles. The molecule has 0 bridgehead atoms. The van der Waals surface area contributed by atoms with E-state index in [0.717, 1.165) is 55.5 Å². The molecule has 6 nitrogen and oxygen atoms in total. The van der Waals surface area contributed by atoms with Gasteiger partial charge in [-0.15, -0.1) is 10.2 Å². The van der Waals surface area contributed by atoms with Gasteiger partial charge >= 0.3 is 0 Å². The third-order valence-electron chi connectivity index (χ3n) is 3.90. The highest BCUT2D eigenvalue weighted by Crippen LogP contribution is 2.34. The van der Waals surface area contributed by atoms with Crippen molar-refractivity contribution in [3.8, 4) is 0 Å². The summed E-state index contributed by atoms with van der Waals surface area (Å²) in [4.78, 5) is 2.33. The van der Waals surface area contributed by atoms with Crippen LogP contribution < -0.4 is 5.73 Å². The summed E-state index contributed by atoms with van der Waals surface area (Å²) in [6, 6.07) is -0.0825. The van der Waals surface area contributed by atoms with Crippen LogP contribution in [0.3, 0.4) is 0 Å². The van der Waals surface area contributed by atoms with Gasteiger partial charge in [-0.25, -0.2) is 0 Å². The minimum absolute atomic E-state index is 0.0825. The maximum absolute atomic E-state index is 6.29. The van der Waals surface area contributed by atoms with Crippen LogP contribution in [0.2, 0.25) is 0 Å². The topological polar surface area (TPSA) is 69.2 Å². The zero-order valence-corrected chi connectivity index (χ0v) is 12.8. The van der Waals surface area contributed by atoms with Crippen LogP contribution in [0.1, 0.15) is 24.7 Å². The van der Waals surface area contributed by atoms with Crippen LogP contribution in [-0.4, -0.2) is 58.3 Å². The van der Waals surface area contributed by atoms with Crippen molar-refractivity contribution in [3.05, 3.63) is 5.82 Å². The van der Waals surface area contributed by atoms with E-state index in [4.69, 9.17) is 10.5 Å². The van der Waals surface area contributed by atoms with Gasteiger partial charge in [-0.3, -0.25) is 4.90 Å². The van der Waals surface area contributed by atoms with Gasteiger partial charge in [0.1, 0.15) is 0 Å². The Balaban J connectivity index is 1.57. The highest BCUT2D eigenvalue weighted by molar-refractivity contribution is 7.99. The molecule has 0 spiro atoms. The van der Waals surface area contributed by atoms with Crippen LogP contribution >= 0.6 is 11.8 Å². The first-order chi connectivity index (χ1) is 9.74. The van der Waals surface area contributed by atoms with Gasteiger partial charge in [0.2, 0.25) is 0 Å². The van der Waals surface area contributed by atoms with Crippen LogP contribution in [0.4, 0.5) is 0 Å². The molecule has 20 heavy (non-hydrogen) atoms. The Hall–Kier alpha value is -0.630. The second-order valence-corrected chi connectivity index (χ2v) is 6.66. The lowest BCUT2D eigenvalue weighted by molar-refractivity contribution is 0.0347. The number of hydrogen-bond donors (Lipinski definition) is 1. The van der Waals surface area contributed by atoms with Gasteiger partial charge in [-0.05, 0) is 18.8 Å². The molecular weight excluding hydrogens is 274 g/mol. The van der Waals surface area contributed by atoms with Gasteiger partial charge in [0.15, 0.2) is 11.0 Å². The molecule has 112 valence electrons. The van der Waals surface area contributed by atoms with E-state index >= 15 is 0 Å². The lowest BCUT2D eigenvalue weighted by atomic mass is 10.2. The second-order valence-electron chi connectivity index (χ2n) is 5.67. The average molecular weight is 297 g/mol.